The molecule has 2 N–H and O–H groups in total. The molecule has 0 atom stereocenters. The van der Waals surface area contributed by atoms with Crippen molar-refractivity contribution < 1.29 is 14.3 Å². The van der Waals surface area contributed by atoms with Crippen molar-refractivity contribution >= 4 is 17.6 Å². The third-order valence-electron chi connectivity index (χ3n) is 6.12. The van der Waals surface area contributed by atoms with E-state index >= 15 is 0 Å². The zero-order valence-electron chi connectivity index (χ0n) is 18.7. The molecule has 2 fully saturated rings. The standard InChI is InChI=1S/C25H32N4O3/c1-32-23-10-6-20(7-11-23)17-26-25(31)27-22-8-4-19(5-9-22)16-24(30)29-14-12-28(13-15-29)18-21-2-3-21/h4-11,21H,2-3,12-18H2,1H3,(H2,26,27,31). The van der Waals surface area contributed by atoms with Gasteiger partial charge in [-0.3, -0.25) is 9.69 Å². The fourth-order valence-electron chi connectivity index (χ4n) is 3.94. The number of rotatable bonds is 8. The number of anilines is 1. The molecule has 32 heavy (non-hydrogen) atoms. The number of urea groups is 1. The number of carbonyl (C=O) groups excluding carboxylic acids is 2. The predicted molar refractivity (Wildman–Crippen MR) is 125 cm³/mol. The second kappa shape index (κ2) is 10.5. The molecule has 0 aromatic heterocycles. The first-order valence-electron chi connectivity index (χ1n) is 11.4. The van der Waals surface area contributed by atoms with Gasteiger partial charge in [-0.1, -0.05) is 24.3 Å². The van der Waals surface area contributed by atoms with E-state index in [2.05, 4.69) is 15.5 Å². The number of hydrogen-bond acceptors (Lipinski definition) is 4. The second-order valence-electron chi connectivity index (χ2n) is 8.65. The van der Waals surface area contributed by atoms with E-state index in [-0.39, 0.29) is 11.9 Å². The first-order chi connectivity index (χ1) is 15.6. The summed E-state index contributed by atoms with van der Waals surface area (Å²) >= 11 is 0. The van der Waals surface area contributed by atoms with Crippen LogP contribution in [-0.2, 0) is 17.8 Å². The zero-order chi connectivity index (χ0) is 22.3. The van der Waals surface area contributed by atoms with Gasteiger partial charge in [-0.15, -0.1) is 0 Å². The van der Waals surface area contributed by atoms with E-state index in [1.165, 1.54) is 19.4 Å². The summed E-state index contributed by atoms with van der Waals surface area (Å²) in [5.74, 6) is 1.86. The molecule has 4 rings (SSSR count). The van der Waals surface area contributed by atoms with E-state index in [9.17, 15) is 9.59 Å². The maximum Gasteiger partial charge on any atom is 0.319 e. The van der Waals surface area contributed by atoms with Gasteiger partial charge >= 0.3 is 6.03 Å². The highest BCUT2D eigenvalue weighted by Crippen LogP contribution is 2.30. The summed E-state index contributed by atoms with van der Waals surface area (Å²) in [7, 11) is 1.62. The van der Waals surface area contributed by atoms with Gasteiger partial charge in [0.15, 0.2) is 0 Å². The Bertz CT molecular complexity index is 902. The van der Waals surface area contributed by atoms with Crippen LogP contribution >= 0.6 is 0 Å². The summed E-state index contributed by atoms with van der Waals surface area (Å²) in [6.45, 7) is 5.23. The van der Waals surface area contributed by atoms with Crippen LogP contribution in [0.3, 0.4) is 0 Å². The molecule has 1 saturated heterocycles. The van der Waals surface area contributed by atoms with E-state index in [1.807, 2.05) is 53.4 Å². The zero-order valence-corrected chi connectivity index (χ0v) is 18.7. The number of hydrogen-bond donors (Lipinski definition) is 2. The van der Waals surface area contributed by atoms with Gasteiger partial charge in [0.05, 0.1) is 13.5 Å². The van der Waals surface area contributed by atoms with Crippen molar-refractivity contribution in [2.45, 2.75) is 25.8 Å². The van der Waals surface area contributed by atoms with Crippen LogP contribution in [0, 0.1) is 5.92 Å². The fraction of sp³-hybridized carbons (Fsp3) is 0.440. The minimum absolute atomic E-state index is 0.175. The van der Waals surface area contributed by atoms with Gasteiger partial charge in [-0.2, -0.15) is 0 Å². The lowest BCUT2D eigenvalue weighted by molar-refractivity contribution is -0.132. The van der Waals surface area contributed by atoms with Crippen molar-refractivity contribution in [3.05, 3.63) is 59.7 Å². The number of carbonyl (C=O) groups is 2. The summed E-state index contributed by atoms with van der Waals surface area (Å²) in [5, 5.41) is 5.67. The number of piperazine rings is 1. The van der Waals surface area contributed by atoms with Crippen molar-refractivity contribution in [2.75, 3.05) is 45.2 Å². The van der Waals surface area contributed by atoms with Crippen molar-refractivity contribution in [2.24, 2.45) is 5.92 Å². The van der Waals surface area contributed by atoms with Crippen LogP contribution in [0.5, 0.6) is 5.75 Å². The van der Waals surface area contributed by atoms with E-state index in [0.717, 1.165) is 49.0 Å². The topological polar surface area (TPSA) is 73.9 Å². The highest BCUT2D eigenvalue weighted by atomic mass is 16.5. The van der Waals surface area contributed by atoms with E-state index in [1.54, 1.807) is 7.11 Å². The van der Waals surface area contributed by atoms with Crippen LogP contribution in [-0.4, -0.2) is 61.6 Å². The number of nitrogens with one attached hydrogen (secondary N) is 2. The summed E-state index contributed by atoms with van der Waals surface area (Å²) in [4.78, 5) is 29.3. The van der Waals surface area contributed by atoms with Crippen LogP contribution in [0.1, 0.15) is 24.0 Å². The monoisotopic (exact) mass is 436 g/mol. The Morgan fingerprint density at radius 3 is 2.22 bits per heavy atom. The average molecular weight is 437 g/mol. The number of nitrogens with zero attached hydrogens (tertiary/aromatic N) is 2. The van der Waals surface area contributed by atoms with Crippen molar-refractivity contribution in [1.29, 1.82) is 0 Å². The van der Waals surface area contributed by atoms with Crippen LogP contribution in [0.4, 0.5) is 10.5 Å². The normalized spacial score (nSPS) is 16.5. The number of methoxy groups -OCH3 is 1. The molecule has 1 aliphatic carbocycles. The van der Waals surface area contributed by atoms with E-state index < -0.39 is 0 Å². The lowest BCUT2D eigenvalue weighted by Crippen LogP contribution is -2.49. The summed E-state index contributed by atoms with van der Waals surface area (Å²) < 4.78 is 5.14. The maximum atomic E-state index is 12.7. The van der Waals surface area contributed by atoms with Gasteiger partial charge in [0.25, 0.3) is 0 Å². The number of benzene rings is 2. The molecule has 0 radical (unpaired) electrons. The van der Waals surface area contributed by atoms with Crippen LogP contribution in [0.25, 0.3) is 0 Å². The van der Waals surface area contributed by atoms with Gasteiger partial charge in [-0.25, -0.2) is 4.79 Å². The van der Waals surface area contributed by atoms with Gasteiger partial charge < -0.3 is 20.3 Å². The smallest absolute Gasteiger partial charge is 0.319 e. The minimum Gasteiger partial charge on any atom is -0.497 e. The van der Waals surface area contributed by atoms with Gasteiger partial charge in [-0.05, 0) is 54.2 Å². The highest BCUT2D eigenvalue weighted by molar-refractivity contribution is 5.89. The molecule has 7 nitrogen and oxygen atoms in total. The Labute approximate surface area is 189 Å². The Balaban J connectivity index is 1.18. The Hall–Kier alpha value is -3.06. The maximum absolute atomic E-state index is 12.7. The molecular weight excluding hydrogens is 404 g/mol. The molecule has 3 amide bonds. The van der Waals surface area contributed by atoms with Crippen molar-refractivity contribution in [1.82, 2.24) is 15.1 Å². The van der Waals surface area contributed by atoms with Gasteiger partial charge in [0, 0.05) is 45.0 Å². The minimum atomic E-state index is -0.270. The molecule has 1 heterocycles. The van der Waals surface area contributed by atoms with Crippen LogP contribution < -0.4 is 15.4 Å². The van der Waals surface area contributed by atoms with Crippen molar-refractivity contribution in [3.8, 4) is 5.75 Å². The van der Waals surface area contributed by atoms with Gasteiger partial charge in [0.2, 0.25) is 5.91 Å². The lowest BCUT2D eigenvalue weighted by atomic mass is 10.1. The first-order valence-corrected chi connectivity index (χ1v) is 11.4. The predicted octanol–water partition coefficient (Wildman–Crippen LogP) is 3.11. The lowest BCUT2D eigenvalue weighted by Gasteiger charge is -2.34. The molecule has 0 unspecified atom stereocenters. The molecule has 7 heteroatoms. The molecule has 2 aliphatic rings. The average Bonchev–Trinajstić information content (AvgIpc) is 3.64. The number of amides is 3. The molecule has 1 aliphatic heterocycles. The van der Waals surface area contributed by atoms with Crippen LogP contribution in [0.2, 0.25) is 0 Å². The Kier molecular flexibility index (Phi) is 7.27. The number of ether oxygens (including phenoxy) is 1. The third-order valence-corrected chi connectivity index (χ3v) is 6.12. The molecule has 0 spiro atoms. The second-order valence-corrected chi connectivity index (χ2v) is 8.65. The SMILES string of the molecule is COc1ccc(CNC(=O)Nc2ccc(CC(=O)N3CCN(CC4CC4)CC3)cc2)cc1. The molecule has 1 saturated carbocycles. The molecule has 2 aromatic rings. The van der Waals surface area contributed by atoms with E-state index in [0.29, 0.717) is 18.7 Å². The molecule has 0 bridgehead atoms. The molecule has 2 aromatic carbocycles. The Morgan fingerprint density at radius 2 is 1.59 bits per heavy atom. The summed E-state index contributed by atoms with van der Waals surface area (Å²) in [6.07, 6.45) is 3.13. The van der Waals surface area contributed by atoms with Crippen LogP contribution in [0.15, 0.2) is 48.5 Å². The van der Waals surface area contributed by atoms with Gasteiger partial charge in [0.1, 0.15) is 5.75 Å². The molecule has 170 valence electrons. The summed E-state index contributed by atoms with van der Waals surface area (Å²) in [5.41, 5.74) is 2.64. The van der Waals surface area contributed by atoms with Crippen molar-refractivity contribution in [3.63, 3.8) is 0 Å². The largest absolute Gasteiger partial charge is 0.497 e. The Morgan fingerprint density at radius 1 is 0.938 bits per heavy atom. The van der Waals surface area contributed by atoms with E-state index in [4.69, 9.17) is 4.74 Å². The first kappa shape index (κ1) is 22.1. The fourth-order valence-corrected chi connectivity index (χ4v) is 3.94. The summed E-state index contributed by atoms with van der Waals surface area (Å²) in [6, 6.07) is 14.8. The quantitative estimate of drug-likeness (QED) is 0.667. The third kappa shape index (κ3) is 6.47. The molecular formula is C25H32N4O3. The highest BCUT2D eigenvalue weighted by Gasteiger charge is 2.27.